The number of hydrogen-bond donors (Lipinski definition) is 1. The lowest BCUT2D eigenvalue weighted by Gasteiger charge is -2.38. The van der Waals surface area contributed by atoms with Crippen molar-refractivity contribution in [3.05, 3.63) is 30.1 Å². The van der Waals surface area contributed by atoms with E-state index in [2.05, 4.69) is 15.1 Å². The number of piperidine rings is 1. The Balaban J connectivity index is 1.47. The van der Waals surface area contributed by atoms with Crippen LogP contribution in [0.4, 0.5) is 10.1 Å². The Morgan fingerprint density at radius 2 is 1.80 bits per heavy atom. The molecule has 2 fully saturated rings. The fourth-order valence-electron chi connectivity index (χ4n) is 3.23. The van der Waals surface area contributed by atoms with Crippen molar-refractivity contribution in [1.82, 2.24) is 10.2 Å². The van der Waals surface area contributed by atoms with E-state index in [1.165, 1.54) is 32.4 Å². The van der Waals surface area contributed by atoms with Crippen molar-refractivity contribution in [3.8, 4) is 0 Å². The number of nitrogens with zero attached hydrogens (tertiary/aromatic N) is 2. The maximum Gasteiger partial charge on any atom is 0.123 e. The van der Waals surface area contributed by atoms with Crippen LogP contribution in [0.25, 0.3) is 0 Å². The Labute approximate surface area is 120 Å². The van der Waals surface area contributed by atoms with E-state index in [0.717, 1.165) is 31.9 Å². The third kappa shape index (κ3) is 3.49. The minimum absolute atomic E-state index is 0.157. The fourth-order valence-corrected chi connectivity index (χ4v) is 3.23. The third-order valence-electron chi connectivity index (χ3n) is 4.46. The summed E-state index contributed by atoms with van der Waals surface area (Å²) in [6.45, 7) is 6.65. The Hall–Kier alpha value is -1.13. The van der Waals surface area contributed by atoms with Crippen molar-refractivity contribution < 1.29 is 4.39 Å². The smallest absolute Gasteiger partial charge is 0.123 e. The molecule has 2 aliphatic heterocycles. The zero-order valence-corrected chi connectivity index (χ0v) is 12.0. The first-order valence-corrected chi connectivity index (χ1v) is 7.77. The van der Waals surface area contributed by atoms with E-state index in [1.807, 2.05) is 12.1 Å². The second-order valence-corrected chi connectivity index (χ2v) is 5.91. The van der Waals surface area contributed by atoms with Gasteiger partial charge in [-0.15, -0.1) is 0 Å². The highest BCUT2D eigenvalue weighted by Gasteiger charge is 2.21. The average Bonchev–Trinajstić information content (AvgIpc) is 2.50. The molecule has 2 aliphatic rings. The van der Waals surface area contributed by atoms with E-state index < -0.39 is 0 Å². The van der Waals surface area contributed by atoms with Gasteiger partial charge in [0.25, 0.3) is 0 Å². The van der Waals surface area contributed by atoms with Crippen LogP contribution >= 0.6 is 0 Å². The summed E-state index contributed by atoms with van der Waals surface area (Å²) in [6.07, 6.45) is 4.01. The van der Waals surface area contributed by atoms with Gasteiger partial charge in [0.1, 0.15) is 5.82 Å². The largest absolute Gasteiger partial charge is 0.369 e. The van der Waals surface area contributed by atoms with E-state index in [0.29, 0.717) is 6.04 Å². The monoisotopic (exact) mass is 277 g/mol. The molecule has 1 aromatic carbocycles. The first kappa shape index (κ1) is 13.8. The molecule has 4 heteroatoms. The molecule has 110 valence electrons. The summed E-state index contributed by atoms with van der Waals surface area (Å²) in [6, 6.07) is 7.55. The topological polar surface area (TPSA) is 18.5 Å². The lowest BCUT2D eigenvalue weighted by atomic mass is 10.0. The highest BCUT2D eigenvalue weighted by atomic mass is 19.1. The van der Waals surface area contributed by atoms with Gasteiger partial charge >= 0.3 is 0 Å². The molecule has 1 N–H and O–H groups in total. The lowest BCUT2D eigenvalue weighted by molar-refractivity contribution is 0.214. The molecule has 0 aromatic heterocycles. The Morgan fingerprint density at radius 1 is 1.05 bits per heavy atom. The molecule has 3 rings (SSSR count). The Kier molecular flexibility index (Phi) is 4.53. The van der Waals surface area contributed by atoms with E-state index in [9.17, 15) is 4.39 Å². The van der Waals surface area contributed by atoms with Crippen LogP contribution in [0, 0.1) is 5.82 Å². The summed E-state index contributed by atoms with van der Waals surface area (Å²) in [4.78, 5) is 4.91. The summed E-state index contributed by atoms with van der Waals surface area (Å²) in [5.74, 6) is -0.157. The highest BCUT2D eigenvalue weighted by Crippen LogP contribution is 2.17. The molecule has 2 heterocycles. The van der Waals surface area contributed by atoms with E-state index in [1.54, 1.807) is 12.1 Å². The minimum Gasteiger partial charge on any atom is -0.369 e. The fraction of sp³-hybridized carbons (Fsp3) is 0.625. The van der Waals surface area contributed by atoms with Gasteiger partial charge in [-0.1, -0.05) is 6.42 Å². The molecule has 0 spiro atoms. The van der Waals surface area contributed by atoms with Crippen molar-refractivity contribution in [2.24, 2.45) is 0 Å². The van der Waals surface area contributed by atoms with Crippen molar-refractivity contribution in [1.29, 1.82) is 0 Å². The molecular weight excluding hydrogens is 253 g/mol. The Bertz CT molecular complexity index is 406. The number of nitrogens with one attached hydrogen (secondary N) is 1. The normalized spacial score (nSPS) is 24.9. The maximum atomic E-state index is 12.9. The molecule has 0 saturated carbocycles. The molecule has 1 unspecified atom stereocenters. The summed E-state index contributed by atoms with van der Waals surface area (Å²) in [5, 5.41) is 3.62. The first-order valence-electron chi connectivity index (χ1n) is 7.77. The van der Waals surface area contributed by atoms with Crippen LogP contribution in [-0.4, -0.2) is 50.2 Å². The van der Waals surface area contributed by atoms with Gasteiger partial charge in [0.05, 0.1) is 0 Å². The molecule has 1 atom stereocenters. The second-order valence-electron chi connectivity index (χ2n) is 5.91. The number of piperazine rings is 1. The maximum absolute atomic E-state index is 12.9. The molecule has 0 amide bonds. The molecule has 20 heavy (non-hydrogen) atoms. The predicted octanol–water partition coefficient (Wildman–Crippen LogP) is 2.09. The van der Waals surface area contributed by atoms with Crippen LogP contribution in [0.5, 0.6) is 0 Å². The molecule has 3 nitrogen and oxygen atoms in total. The van der Waals surface area contributed by atoms with Crippen LogP contribution in [0.3, 0.4) is 0 Å². The molecule has 0 bridgehead atoms. The van der Waals surface area contributed by atoms with Gasteiger partial charge in [-0.25, -0.2) is 4.39 Å². The van der Waals surface area contributed by atoms with Crippen LogP contribution in [0.2, 0.25) is 0 Å². The summed E-state index contributed by atoms with van der Waals surface area (Å²) < 4.78 is 12.9. The first-order chi connectivity index (χ1) is 9.81. The van der Waals surface area contributed by atoms with Crippen LogP contribution < -0.4 is 10.2 Å². The van der Waals surface area contributed by atoms with Gasteiger partial charge < -0.3 is 10.2 Å². The number of hydrogen-bond acceptors (Lipinski definition) is 3. The van der Waals surface area contributed by atoms with Gasteiger partial charge in [-0.2, -0.15) is 0 Å². The third-order valence-corrected chi connectivity index (χ3v) is 4.46. The van der Waals surface area contributed by atoms with E-state index >= 15 is 0 Å². The van der Waals surface area contributed by atoms with Gasteiger partial charge in [-0.3, -0.25) is 4.90 Å². The Morgan fingerprint density at radius 3 is 2.45 bits per heavy atom. The van der Waals surface area contributed by atoms with Crippen molar-refractivity contribution in [2.45, 2.75) is 25.3 Å². The zero-order valence-electron chi connectivity index (χ0n) is 12.0. The van der Waals surface area contributed by atoms with Crippen molar-refractivity contribution in [3.63, 3.8) is 0 Å². The van der Waals surface area contributed by atoms with E-state index in [-0.39, 0.29) is 5.82 Å². The summed E-state index contributed by atoms with van der Waals surface area (Å²) in [5.41, 5.74) is 1.14. The average molecular weight is 277 g/mol. The van der Waals surface area contributed by atoms with Crippen LogP contribution in [-0.2, 0) is 0 Å². The van der Waals surface area contributed by atoms with Crippen LogP contribution in [0.15, 0.2) is 24.3 Å². The molecule has 1 aromatic rings. The SMILES string of the molecule is Fc1ccc(N2CCN(CC3CCCCN3)CC2)cc1. The lowest BCUT2D eigenvalue weighted by Crippen LogP contribution is -2.51. The van der Waals surface area contributed by atoms with Gasteiger partial charge in [-0.05, 0) is 43.7 Å². The molecule has 0 aliphatic carbocycles. The van der Waals surface area contributed by atoms with Crippen molar-refractivity contribution >= 4 is 5.69 Å². The van der Waals surface area contributed by atoms with Gasteiger partial charge in [0.15, 0.2) is 0 Å². The quantitative estimate of drug-likeness (QED) is 0.912. The highest BCUT2D eigenvalue weighted by molar-refractivity contribution is 5.46. The molecule has 2 saturated heterocycles. The number of anilines is 1. The zero-order chi connectivity index (χ0) is 13.8. The predicted molar refractivity (Wildman–Crippen MR) is 80.7 cm³/mol. The second kappa shape index (κ2) is 6.55. The summed E-state index contributed by atoms with van der Waals surface area (Å²) >= 11 is 0. The number of rotatable bonds is 3. The van der Waals surface area contributed by atoms with Crippen molar-refractivity contribution in [2.75, 3.05) is 44.2 Å². The number of halogens is 1. The van der Waals surface area contributed by atoms with Crippen LogP contribution in [0.1, 0.15) is 19.3 Å². The summed E-state index contributed by atoms with van der Waals surface area (Å²) in [7, 11) is 0. The van der Waals surface area contributed by atoms with Gasteiger partial charge in [0, 0.05) is 44.5 Å². The minimum atomic E-state index is -0.157. The van der Waals surface area contributed by atoms with Gasteiger partial charge in [0.2, 0.25) is 0 Å². The standard InChI is InChI=1S/C16H24FN3/c17-14-4-6-16(7-5-14)20-11-9-19(10-12-20)13-15-3-1-2-8-18-15/h4-7,15,18H,1-3,8-13H2. The number of benzene rings is 1. The molecular formula is C16H24FN3. The van der Waals surface area contributed by atoms with E-state index in [4.69, 9.17) is 0 Å². The molecule has 0 radical (unpaired) electrons.